The first-order valence-corrected chi connectivity index (χ1v) is 6.71. The summed E-state index contributed by atoms with van der Waals surface area (Å²) >= 11 is 3.20. The molecule has 2 aromatic rings. The van der Waals surface area contributed by atoms with Gasteiger partial charge in [-0.25, -0.2) is 4.39 Å². The average molecular weight is 361 g/mol. The molecule has 0 aromatic heterocycles. The van der Waals surface area contributed by atoms with Gasteiger partial charge in [0.15, 0.2) is 5.78 Å². The molecule has 0 saturated carbocycles. The summed E-state index contributed by atoms with van der Waals surface area (Å²) in [6.45, 7) is 0. The van der Waals surface area contributed by atoms with E-state index in [0.29, 0.717) is 10.0 Å². The Kier molecular flexibility index (Phi) is 4.46. The fourth-order valence-corrected chi connectivity index (χ4v) is 2.19. The molecule has 0 heterocycles. The molecular weight excluding hydrogens is 352 g/mol. The lowest BCUT2D eigenvalue weighted by atomic mass is 10.0. The van der Waals surface area contributed by atoms with E-state index in [0.717, 1.165) is 24.3 Å². The van der Waals surface area contributed by atoms with Gasteiger partial charge in [0, 0.05) is 16.5 Å². The van der Waals surface area contributed by atoms with Crippen LogP contribution in [0.3, 0.4) is 0 Å². The molecule has 0 atom stereocenters. The van der Waals surface area contributed by atoms with Gasteiger partial charge < -0.3 is 0 Å². The summed E-state index contributed by atoms with van der Waals surface area (Å²) in [6, 6.07) is 7.89. The number of benzene rings is 2. The monoisotopic (exact) mass is 360 g/mol. The van der Waals surface area contributed by atoms with Crippen LogP contribution in [0.2, 0.25) is 0 Å². The highest BCUT2D eigenvalue weighted by atomic mass is 79.9. The second kappa shape index (κ2) is 5.97. The van der Waals surface area contributed by atoms with Gasteiger partial charge in [0.05, 0.1) is 5.56 Å². The van der Waals surface area contributed by atoms with Crippen molar-refractivity contribution in [3.63, 3.8) is 0 Å². The molecule has 0 amide bonds. The SMILES string of the molecule is O=C(Cc1cc(F)ccc1Br)c1ccc(C(F)(F)F)cc1. The normalized spacial score (nSPS) is 11.5. The summed E-state index contributed by atoms with van der Waals surface area (Å²) in [5.41, 5.74) is -0.218. The first-order valence-electron chi connectivity index (χ1n) is 5.92. The third kappa shape index (κ3) is 3.91. The lowest BCUT2D eigenvalue weighted by molar-refractivity contribution is -0.137. The van der Waals surface area contributed by atoms with Crippen molar-refractivity contribution in [3.8, 4) is 0 Å². The van der Waals surface area contributed by atoms with Crippen LogP contribution in [0.15, 0.2) is 46.9 Å². The van der Waals surface area contributed by atoms with Crippen LogP contribution in [-0.4, -0.2) is 5.78 Å². The largest absolute Gasteiger partial charge is 0.416 e. The minimum absolute atomic E-state index is 0.0935. The Hall–Kier alpha value is -1.69. The second-order valence-corrected chi connectivity index (χ2v) is 5.27. The van der Waals surface area contributed by atoms with Crippen molar-refractivity contribution in [2.75, 3.05) is 0 Å². The second-order valence-electron chi connectivity index (χ2n) is 4.41. The summed E-state index contributed by atoms with van der Waals surface area (Å²) in [5.74, 6) is -0.858. The van der Waals surface area contributed by atoms with E-state index >= 15 is 0 Å². The van der Waals surface area contributed by atoms with E-state index in [2.05, 4.69) is 15.9 Å². The molecule has 0 aliphatic rings. The molecule has 1 nitrogen and oxygen atoms in total. The van der Waals surface area contributed by atoms with Gasteiger partial charge >= 0.3 is 6.18 Å². The van der Waals surface area contributed by atoms with Crippen molar-refractivity contribution >= 4 is 21.7 Å². The zero-order valence-electron chi connectivity index (χ0n) is 10.5. The van der Waals surface area contributed by atoms with Crippen LogP contribution in [0.25, 0.3) is 0 Å². The maximum absolute atomic E-state index is 13.1. The van der Waals surface area contributed by atoms with Crippen molar-refractivity contribution in [2.45, 2.75) is 12.6 Å². The van der Waals surface area contributed by atoms with E-state index < -0.39 is 17.6 Å². The molecule has 0 fully saturated rings. The van der Waals surface area contributed by atoms with Crippen molar-refractivity contribution in [2.24, 2.45) is 0 Å². The number of Topliss-reactive ketones (excluding diaryl/α,β-unsaturated/α-hetero) is 1. The molecule has 0 aliphatic heterocycles. The van der Waals surface area contributed by atoms with Crippen LogP contribution in [0.4, 0.5) is 17.6 Å². The third-order valence-electron chi connectivity index (χ3n) is 2.89. The summed E-state index contributed by atoms with van der Waals surface area (Å²) in [7, 11) is 0. The number of hydrogen-bond donors (Lipinski definition) is 0. The minimum Gasteiger partial charge on any atom is -0.294 e. The molecule has 0 unspecified atom stereocenters. The Morgan fingerprint density at radius 3 is 2.24 bits per heavy atom. The maximum atomic E-state index is 13.1. The lowest BCUT2D eigenvalue weighted by Crippen LogP contribution is -2.07. The van der Waals surface area contributed by atoms with Gasteiger partial charge in [0.2, 0.25) is 0 Å². The standard InChI is InChI=1S/C15H9BrF4O/c16-13-6-5-12(17)7-10(13)8-14(21)9-1-3-11(4-2-9)15(18,19)20/h1-7H,8H2. The van der Waals surface area contributed by atoms with Gasteiger partial charge in [-0.15, -0.1) is 0 Å². The first kappa shape index (κ1) is 15.7. The van der Waals surface area contributed by atoms with Crippen LogP contribution in [0, 0.1) is 5.82 Å². The number of carbonyl (C=O) groups excluding carboxylic acids is 1. The number of carbonyl (C=O) groups is 1. The van der Waals surface area contributed by atoms with E-state index in [9.17, 15) is 22.4 Å². The number of alkyl halides is 3. The summed E-state index contributed by atoms with van der Waals surface area (Å²) in [4.78, 5) is 12.0. The first-order chi connectivity index (χ1) is 9.77. The highest BCUT2D eigenvalue weighted by molar-refractivity contribution is 9.10. The Labute approximate surface area is 126 Å². The number of halogens is 5. The van der Waals surface area contributed by atoms with Gasteiger partial charge in [0.25, 0.3) is 0 Å². The molecule has 0 bridgehead atoms. The highest BCUT2D eigenvalue weighted by Crippen LogP contribution is 2.29. The molecule has 0 N–H and O–H groups in total. The smallest absolute Gasteiger partial charge is 0.294 e. The Balaban J connectivity index is 2.19. The molecule has 0 aliphatic carbocycles. The van der Waals surface area contributed by atoms with E-state index in [1.807, 2.05) is 0 Å². The predicted molar refractivity (Wildman–Crippen MR) is 73.6 cm³/mol. The molecule has 21 heavy (non-hydrogen) atoms. The van der Waals surface area contributed by atoms with Gasteiger partial charge in [-0.3, -0.25) is 4.79 Å². The topological polar surface area (TPSA) is 17.1 Å². The van der Waals surface area contributed by atoms with Gasteiger partial charge in [-0.1, -0.05) is 28.1 Å². The lowest BCUT2D eigenvalue weighted by Gasteiger charge is -2.08. The molecule has 6 heteroatoms. The number of ketones is 1. The Bertz CT molecular complexity index is 662. The predicted octanol–water partition coefficient (Wildman–Crippen LogP) is 5.03. The average Bonchev–Trinajstić information content (AvgIpc) is 2.42. The molecule has 0 saturated heterocycles. The van der Waals surface area contributed by atoms with Gasteiger partial charge in [0.1, 0.15) is 5.82 Å². The van der Waals surface area contributed by atoms with E-state index in [1.165, 1.54) is 18.2 Å². The molecule has 110 valence electrons. The van der Waals surface area contributed by atoms with E-state index in [-0.39, 0.29) is 17.8 Å². The Morgan fingerprint density at radius 1 is 1.05 bits per heavy atom. The van der Waals surface area contributed by atoms with Crippen LogP contribution < -0.4 is 0 Å². The summed E-state index contributed by atoms with van der Waals surface area (Å²) < 4.78 is 51.0. The van der Waals surface area contributed by atoms with Crippen LogP contribution in [0.1, 0.15) is 21.5 Å². The molecule has 2 rings (SSSR count). The fraction of sp³-hybridized carbons (Fsp3) is 0.133. The van der Waals surface area contributed by atoms with Gasteiger partial charge in [-0.2, -0.15) is 13.2 Å². The summed E-state index contributed by atoms with van der Waals surface area (Å²) in [5, 5.41) is 0. The van der Waals surface area contributed by atoms with Crippen molar-refractivity contribution in [1.29, 1.82) is 0 Å². The highest BCUT2D eigenvalue weighted by Gasteiger charge is 2.30. The maximum Gasteiger partial charge on any atom is 0.416 e. The third-order valence-corrected chi connectivity index (χ3v) is 3.67. The van der Waals surface area contributed by atoms with Gasteiger partial charge in [-0.05, 0) is 35.9 Å². The van der Waals surface area contributed by atoms with Crippen LogP contribution in [-0.2, 0) is 12.6 Å². The van der Waals surface area contributed by atoms with Crippen molar-refractivity contribution < 1.29 is 22.4 Å². The van der Waals surface area contributed by atoms with Crippen molar-refractivity contribution in [1.82, 2.24) is 0 Å². The zero-order chi connectivity index (χ0) is 15.6. The van der Waals surface area contributed by atoms with E-state index in [1.54, 1.807) is 0 Å². The molecular formula is C15H9BrF4O. The van der Waals surface area contributed by atoms with Crippen molar-refractivity contribution in [3.05, 3.63) is 69.4 Å². The van der Waals surface area contributed by atoms with E-state index in [4.69, 9.17) is 0 Å². The van der Waals surface area contributed by atoms with Crippen LogP contribution >= 0.6 is 15.9 Å². The molecule has 0 radical (unpaired) electrons. The number of rotatable bonds is 3. The zero-order valence-corrected chi connectivity index (χ0v) is 12.1. The Morgan fingerprint density at radius 2 is 1.67 bits per heavy atom. The molecule has 0 spiro atoms. The summed E-state index contributed by atoms with van der Waals surface area (Å²) in [6.07, 6.45) is -4.53. The number of hydrogen-bond acceptors (Lipinski definition) is 1. The van der Waals surface area contributed by atoms with Crippen LogP contribution in [0.5, 0.6) is 0 Å². The quantitative estimate of drug-likeness (QED) is 0.554. The minimum atomic E-state index is -4.44. The molecule has 2 aromatic carbocycles. The fourth-order valence-electron chi connectivity index (χ4n) is 1.80.